The molecule has 1 aromatic heterocycles. The lowest BCUT2D eigenvalue weighted by Crippen LogP contribution is -2.01. The van der Waals surface area contributed by atoms with E-state index < -0.39 is 0 Å². The number of aromatic nitrogens is 2. The molecule has 1 rings (SSSR count). The summed E-state index contributed by atoms with van der Waals surface area (Å²) in [5, 5.41) is 0. The molecule has 2 nitrogen and oxygen atoms in total. The van der Waals surface area contributed by atoms with E-state index >= 15 is 0 Å². The summed E-state index contributed by atoms with van der Waals surface area (Å²) in [4.78, 5) is 4.12. The Kier molecular flexibility index (Phi) is 2.94. The predicted molar refractivity (Wildman–Crippen MR) is 46.6 cm³/mol. The van der Waals surface area contributed by atoms with Crippen LogP contribution in [0.5, 0.6) is 0 Å². The number of halogens is 1. The Morgan fingerprint density at radius 3 is 2.82 bits per heavy atom. The second-order valence-electron chi connectivity index (χ2n) is 3.09. The van der Waals surface area contributed by atoms with E-state index in [1.54, 1.807) is 0 Å². The lowest BCUT2D eigenvalue weighted by molar-refractivity contribution is 0.522. The van der Waals surface area contributed by atoms with Crippen LogP contribution in [-0.4, -0.2) is 9.55 Å². The number of imidazole rings is 1. The second kappa shape index (κ2) is 3.77. The van der Waals surface area contributed by atoms with Crippen molar-refractivity contribution < 1.29 is 0 Å². The minimum atomic E-state index is 0.505. The molecule has 0 aromatic carbocycles. The van der Waals surface area contributed by atoms with E-state index in [1.165, 1.54) is 0 Å². The third-order valence-corrected chi connectivity index (χ3v) is 1.67. The highest BCUT2D eigenvalue weighted by Crippen LogP contribution is 2.03. The van der Waals surface area contributed by atoms with E-state index in [0.29, 0.717) is 11.8 Å². The van der Waals surface area contributed by atoms with Gasteiger partial charge >= 0.3 is 0 Å². The quantitative estimate of drug-likeness (QED) is 0.640. The van der Waals surface area contributed by atoms with Gasteiger partial charge in [-0.3, -0.25) is 0 Å². The molecule has 0 unspecified atom stereocenters. The molecule has 1 heterocycles. The average Bonchev–Trinajstić information content (AvgIpc) is 2.34. The summed E-state index contributed by atoms with van der Waals surface area (Å²) in [7, 11) is 0. The van der Waals surface area contributed by atoms with Gasteiger partial charge in [0.15, 0.2) is 0 Å². The van der Waals surface area contributed by atoms with Crippen molar-refractivity contribution in [3.8, 4) is 0 Å². The van der Waals surface area contributed by atoms with Gasteiger partial charge in [-0.25, -0.2) is 4.98 Å². The van der Waals surface area contributed by atoms with E-state index in [4.69, 9.17) is 11.6 Å². The fourth-order valence-corrected chi connectivity index (χ4v) is 1.13. The Morgan fingerprint density at radius 2 is 2.36 bits per heavy atom. The van der Waals surface area contributed by atoms with Gasteiger partial charge in [-0.05, 0) is 5.92 Å². The van der Waals surface area contributed by atoms with Gasteiger partial charge in [-0.2, -0.15) is 0 Å². The van der Waals surface area contributed by atoms with E-state index in [0.717, 1.165) is 12.2 Å². The zero-order valence-electron chi connectivity index (χ0n) is 6.92. The van der Waals surface area contributed by atoms with Gasteiger partial charge < -0.3 is 4.57 Å². The van der Waals surface area contributed by atoms with Gasteiger partial charge in [0.25, 0.3) is 0 Å². The molecule has 0 atom stereocenters. The van der Waals surface area contributed by atoms with Crippen LogP contribution in [0.1, 0.15) is 19.5 Å². The number of hydrogen-bond acceptors (Lipinski definition) is 1. The van der Waals surface area contributed by atoms with Crippen LogP contribution in [0.25, 0.3) is 0 Å². The summed E-state index contributed by atoms with van der Waals surface area (Å²) in [5.41, 5.74) is 0.951. The molecule has 0 spiro atoms. The van der Waals surface area contributed by atoms with E-state index in [2.05, 4.69) is 23.4 Å². The highest BCUT2D eigenvalue weighted by atomic mass is 35.5. The Balaban J connectivity index is 2.58. The maximum absolute atomic E-state index is 5.60. The van der Waals surface area contributed by atoms with Crippen molar-refractivity contribution in [3.05, 3.63) is 18.2 Å². The molecule has 0 saturated carbocycles. The van der Waals surface area contributed by atoms with E-state index in [-0.39, 0.29) is 0 Å². The molecule has 0 aliphatic heterocycles. The highest BCUT2D eigenvalue weighted by Gasteiger charge is 1.98. The van der Waals surface area contributed by atoms with Gasteiger partial charge in [-0.15, -0.1) is 11.6 Å². The minimum absolute atomic E-state index is 0.505. The molecule has 1 aromatic rings. The van der Waals surface area contributed by atoms with Crippen LogP contribution in [0.2, 0.25) is 0 Å². The summed E-state index contributed by atoms with van der Waals surface area (Å²) >= 11 is 5.60. The average molecular weight is 173 g/mol. The molecule has 0 amide bonds. The van der Waals surface area contributed by atoms with Crippen LogP contribution in [0.3, 0.4) is 0 Å². The maximum Gasteiger partial charge on any atom is 0.0949 e. The summed E-state index contributed by atoms with van der Waals surface area (Å²) in [6.07, 6.45) is 3.82. The molecule has 62 valence electrons. The van der Waals surface area contributed by atoms with Crippen molar-refractivity contribution in [2.45, 2.75) is 26.3 Å². The molecule has 0 fully saturated rings. The van der Waals surface area contributed by atoms with Crippen molar-refractivity contribution in [2.24, 2.45) is 5.92 Å². The number of rotatable bonds is 3. The number of nitrogens with zero attached hydrogens (tertiary/aromatic N) is 2. The van der Waals surface area contributed by atoms with Crippen molar-refractivity contribution in [3.63, 3.8) is 0 Å². The van der Waals surface area contributed by atoms with Gasteiger partial charge in [0.1, 0.15) is 0 Å². The molecule has 3 heteroatoms. The Hall–Kier alpha value is -0.500. The third-order valence-electron chi connectivity index (χ3n) is 1.40. The molecule has 0 saturated heterocycles. The predicted octanol–water partition coefficient (Wildman–Crippen LogP) is 2.28. The normalized spacial score (nSPS) is 10.9. The fourth-order valence-electron chi connectivity index (χ4n) is 0.997. The van der Waals surface area contributed by atoms with Crippen molar-refractivity contribution in [1.82, 2.24) is 9.55 Å². The maximum atomic E-state index is 5.60. The molecule has 11 heavy (non-hydrogen) atoms. The summed E-state index contributed by atoms with van der Waals surface area (Å²) in [6, 6.07) is 0. The second-order valence-corrected chi connectivity index (χ2v) is 3.36. The molecule has 0 radical (unpaired) electrons. The first-order valence-electron chi connectivity index (χ1n) is 3.79. The Labute approximate surface area is 72.2 Å². The van der Waals surface area contributed by atoms with Crippen LogP contribution >= 0.6 is 11.6 Å². The van der Waals surface area contributed by atoms with Crippen molar-refractivity contribution >= 4 is 11.6 Å². The zero-order valence-corrected chi connectivity index (χ0v) is 7.67. The van der Waals surface area contributed by atoms with Crippen LogP contribution < -0.4 is 0 Å². The van der Waals surface area contributed by atoms with Crippen molar-refractivity contribution in [2.75, 3.05) is 0 Å². The lowest BCUT2D eigenvalue weighted by Gasteiger charge is -2.03. The number of hydrogen-bond donors (Lipinski definition) is 0. The molecular formula is C8H13ClN2. The SMILES string of the molecule is CC(C)Cn1cnc(CCl)c1. The topological polar surface area (TPSA) is 17.8 Å². The van der Waals surface area contributed by atoms with E-state index in [1.807, 2.05) is 12.5 Å². The zero-order chi connectivity index (χ0) is 8.27. The molecule has 0 N–H and O–H groups in total. The Morgan fingerprint density at radius 1 is 1.64 bits per heavy atom. The van der Waals surface area contributed by atoms with Gasteiger partial charge in [0.05, 0.1) is 17.9 Å². The molecule has 0 aliphatic rings. The minimum Gasteiger partial charge on any atom is -0.337 e. The molecule has 0 aliphatic carbocycles. The smallest absolute Gasteiger partial charge is 0.0949 e. The fraction of sp³-hybridized carbons (Fsp3) is 0.625. The molecular weight excluding hydrogens is 160 g/mol. The lowest BCUT2D eigenvalue weighted by atomic mass is 10.2. The Bertz CT molecular complexity index is 218. The van der Waals surface area contributed by atoms with Gasteiger partial charge in [0, 0.05) is 12.7 Å². The number of alkyl halides is 1. The monoisotopic (exact) mass is 172 g/mol. The van der Waals surface area contributed by atoms with Crippen LogP contribution in [0.15, 0.2) is 12.5 Å². The first-order valence-corrected chi connectivity index (χ1v) is 4.32. The van der Waals surface area contributed by atoms with Crippen LogP contribution in [0, 0.1) is 5.92 Å². The largest absolute Gasteiger partial charge is 0.337 e. The first-order chi connectivity index (χ1) is 5.22. The van der Waals surface area contributed by atoms with Crippen molar-refractivity contribution in [1.29, 1.82) is 0 Å². The summed E-state index contributed by atoms with van der Waals surface area (Å²) in [5.74, 6) is 1.16. The van der Waals surface area contributed by atoms with Crippen LogP contribution in [-0.2, 0) is 12.4 Å². The summed E-state index contributed by atoms with van der Waals surface area (Å²) in [6.45, 7) is 5.38. The summed E-state index contributed by atoms with van der Waals surface area (Å²) < 4.78 is 2.07. The highest BCUT2D eigenvalue weighted by molar-refractivity contribution is 6.16. The molecule has 0 bridgehead atoms. The van der Waals surface area contributed by atoms with Gasteiger partial charge in [-0.1, -0.05) is 13.8 Å². The standard InChI is InChI=1S/C8H13ClN2/c1-7(2)4-11-5-8(3-9)10-6-11/h5-7H,3-4H2,1-2H3. The van der Waals surface area contributed by atoms with E-state index in [9.17, 15) is 0 Å². The van der Waals surface area contributed by atoms with Crippen LogP contribution in [0.4, 0.5) is 0 Å². The third kappa shape index (κ3) is 2.54. The van der Waals surface area contributed by atoms with Gasteiger partial charge in [0.2, 0.25) is 0 Å². The first kappa shape index (κ1) is 8.60.